The van der Waals surface area contributed by atoms with Gasteiger partial charge in [-0.15, -0.1) is 13.2 Å². The molecule has 0 aromatic heterocycles. The molecule has 8 heteroatoms. The summed E-state index contributed by atoms with van der Waals surface area (Å²) >= 11 is 0. The highest BCUT2D eigenvalue weighted by atomic mass is 16.2. The van der Waals surface area contributed by atoms with Crippen molar-refractivity contribution in [3.8, 4) is 0 Å². The van der Waals surface area contributed by atoms with Crippen LogP contribution in [-0.2, 0) is 19.2 Å². The van der Waals surface area contributed by atoms with Crippen LogP contribution in [0.2, 0.25) is 0 Å². The van der Waals surface area contributed by atoms with Crippen molar-refractivity contribution in [1.29, 1.82) is 0 Å². The van der Waals surface area contributed by atoms with Crippen molar-refractivity contribution in [3.05, 3.63) is 25.3 Å². The van der Waals surface area contributed by atoms with Gasteiger partial charge < -0.3 is 21.3 Å². The van der Waals surface area contributed by atoms with Crippen molar-refractivity contribution in [2.24, 2.45) is 11.1 Å². The Morgan fingerprint density at radius 2 is 1.80 bits per heavy atom. The second-order valence-electron chi connectivity index (χ2n) is 8.66. The molecule has 3 amide bonds. The average molecular weight is 421 g/mol. The highest BCUT2D eigenvalue weighted by Crippen LogP contribution is 2.24. The lowest BCUT2D eigenvalue weighted by atomic mass is 9.86. The van der Waals surface area contributed by atoms with Crippen LogP contribution >= 0.6 is 0 Å². The van der Waals surface area contributed by atoms with Crippen LogP contribution in [0, 0.1) is 5.41 Å². The molecule has 8 nitrogen and oxygen atoms in total. The average Bonchev–Trinajstić information content (AvgIpc) is 3.18. The second-order valence-corrected chi connectivity index (χ2v) is 8.66. The van der Waals surface area contributed by atoms with Crippen molar-refractivity contribution in [2.45, 2.75) is 71.0 Å². The molecular weight excluding hydrogens is 384 g/mol. The predicted molar refractivity (Wildman–Crippen MR) is 116 cm³/mol. The standard InChI is InChI=1S/C22H36N4O4/c1-6-8-11-15(17(27)20(29)24-13-9-7-2)25-19(28)16-12-10-14-26(16)21(30)18(23)22(3,4)5/h6-7,15-16,18H,1-2,8-14,23H2,3-5H3,(H,24,29)(H,25,28)/t15?,16-,18?/m0/s1. The molecule has 0 saturated carbocycles. The van der Waals surface area contributed by atoms with E-state index >= 15 is 0 Å². The maximum atomic E-state index is 12.9. The predicted octanol–water partition coefficient (Wildman–Crippen LogP) is 1.06. The van der Waals surface area contributed by atoms with Crippen LogP contribution in [0.4, 0.5) is 0 Å². The molecule has 1 aliphatic rings. The monoisotopic (exact) mass is 420 g/mol. The summed E-state index contributed by atoms with van der Waals surface area (Å²) in [5.74, 6) is -2.18. The first-order valence-corrected chi connectivity index (χ1v) is 10.4. The molecule has 30 heavy (non-hydrogen) atoms. The molecule has 168 valence electrons. The molecule has 3 atom stereocenters. The van der Waals surface area contributed by atoms with Gasteiger partial charge in [0.2, 0.25) is 17.6 Å². The first kappa shape index (κ1) is 25.6. The van der Waals surface area contributed by atoms with E-state index in [2.05, 4.69) is 23.8 Å². The number of hydrogen-bond donors (Lipinski definition) is 3. The van der Waals surface area contributed by atoms with Crippen LogP contribution in [0.1, 0.15) is 52.9 Å². The van der Waals surface area contributed by atoms with Crippen molar-refractivity contribution in [1.82, 2.24) is 15.5 Å². The van der Waals surface area contributed by atoms with Crippen LogP contribution in [-0.4, -0.2) is 59.6 Å². The molecule has 0 aromatic carbocycles. The quantitative estimate of drug-likeness (QED) is 0.262. The maximum Gasteiger partial charge on any atom is 0.289 e. The fourth-order valence-electron chi connectivity index (χ4n) is 3.21. The third kappa shape index (κ3) is 7.09. The number of ketones is 1. The Balaban J connectivity index is 2.87. The molecule has 0 aliphatic carbocycles. The number of carbonyl (C=O) groups excluding carboxylic acids is 4. The minimum Gasteiger partial charge on any atom is -0.349 e. The zero-order valence-corrected chi connectivity index (χ0v) is 18.4. The van der Waals surface area contributed by atoms with Gasteiger partial charge in [-0.3, -0.25) is 19.2 Å². The minimum atomic E-state index is -0.979. The molecule has 0 radical (unpaired) electrons. The molecule has 4 N–H and O–H groups in total. The minimum absolute atomic E-state index is 0.255. The molecule has 0 aromatic rings. The van der Waals surface area contributed by atoms with Gasteiger partial charge in [-0.1, -0.05) is 32.9 Å². The van der Waals surface area contributed by atoms with Gasteiger partial charge in [0.1, 0.15) is 6.04 Å². The molecule has 0 bridgehead atoms. The number of carbonyl (C=O) groups is 4. The van der Waals surface area contributed by atoms with Gasteiger partial charge >= 0.3 is 0 Å². The van der Waals surface area contributed by atoms with E-state index < -0.39 is 41.1 Å². The number of rotatable bonds is 11. The largest absolute Gasteiger partial charge is 0.349 e. The molecule has 0 spiro atoms. The number of nitrogens with zero attached hydrogens (tertiary/aromatic N) is 1. The number of allylic oxidation sites excluding steroid dienone is 1. The number of likely N-dealkylation sites (tertiary alicyclic amines) is 1. The SMILES string of the molecule is C=CCCNC(=O)C(=O)C(CCC=C)NC(=O)[C@@H]1CCCN1C(=O)C(N)C(C)(C)C. The Morgan fingerprint density at radius 1 is 1.17 bits per heavy atom. The highest BCUT2D eigenvalue weighted by Gasteiger charge is 2.40. The molecule has 1 saturated heterocycles. The number of amides is 3. The van der Waals surface area contributed by atoms with E-state index in [4.69, 9.17) is 5.73 Å². The zero-order chi connectivity index (χ0) is 22.9. The summed E-state index contributed by atoms with van der Waals surface area (Å²) in [6, 6.07) is -2.42. The van der Waals surface area contributed by atoms with Crippen LogP contribution in [0.3, 0.4) is 0 Å². The van der Waals surface area contributed by atoms with Gasteiger partial charge in [-0.25, -0.2) is 0 Å². The van der Waals surface area contributed by atoms with E-state index in [1.807, 2.05) is 20.8 Å². The Labute approximate surface area is 179 Å². The lowest BCUT2D eigenvalue weighted by molar-refractivity contribution is -0.143. The summed E-state index contributed by atoms with van der Waals surface area (Å²) in [5, 5.41) is 5.20. The van der Waals surface area contributed by atoms with Crippen molar-refractivity contribution < 1.29 is 19.2 Å². The summed E-state index contributed by atoms with van der Waals surface area (Å²) in [4.78, 5) is 51.9. The van der Waals surface area contributed by atoms with Crippen molar-refractivity contribution in [3.63, 3.8) is 0 Å². The van der Waals surface area contributed by atoms with E-state index in [9.17, 15) is 19.2 Å². The van der Waals surface area contributed by atoms with Gasteiger partial charge in [-0.2, -0.15) is 0 Å². The summed E-state index contributed by atoms with van der Waals surface area (Å²) in [7, 11) is 0. The first-order chi connectivity index (χ1) is 14.0. The Kier molecular flexibility index (Phi) is 9.92. The molecule has 1 fully saturated rings. The smallest absolute Gasteiger partial charge is 0.289 e. The van der Waals surface area contributed by atoms with Crippen LogP contribution in [0.15, 0.2) is 25.3 Å². The van der Waals surface area contributed by atoms with Gasteiger partial charge in [-0.05, 0) is 37.5 Å². The fraction of sp³-hybridized carbons (Fsp3) is 0.636. The van der Waals surface area contributed by atoms with E-state index in [-0.39, 0.29) is 12.3 Å². The third-order valence-corrected chi connectivity index (χ3v) is 5.19. The zero-order valence-electron chi connectivity index (χ0n) is 18.4. The van der Waals surface area contributed by atoms with E-state index in [0.717, 1.165) is 0 Å². The lowest BCUT2D eigenvalue weighted by Gasteiger charge is -2.33. The number of nitrogens with two attached hydrogens (primary N) is 1. The Hall–Kier alpha value is -2.48. The summed E-state index contributed by atoms with van der Waals surface area (Å²) in [6.07, 6.45) is 5.67. The summed E-state index contributed by atoms with van der Waals surface area (Å²) < 4.78 is 0. The van der Waals surface area contributed by atoms with Crippen LogP contribution in [0.5, 0.6) is 0 Å². The second kappa shape index (κ2) is 11.6. The highest BCUT2D eigenvalue weighted by molar-refractivity contribution is 6.38. The van der Waals surface area contributed by atoms with Crippen molar-refractivity contribution >= 4 is 23.5 Å². The fourth-order valence-corrected chi connectivity index (χ4v) is 3.21. The van der Waals surface area contributed by atoms with E-state index in [1.165, 1.54) is 4.90 Å². The van der Waals surface area contributed by atoms with E-state index in [0.29, 0.717) is 38.8 Å². The molecule has 1 rings (SSSR count). The van der Waals surface area contributed by atoms with Crippen LogP contribution < -0.4 is 16.4 Å². The number of hydrogen-bond acceptors (Lipinski definition) is 5. The van der Waals surface area contributed by atoms with Gasteiger partial charge in [0.25, 0.3) is 5.91 Å². The number of Topliss-reactive ketones (excluding diaryl/α,β-unsaturated/α-hetero) is 1. The van der Waals surface area contributed by atoms with Gasteiger partial charge in [0, 0.05) is 13.1 Å². The van der Waals surface area contributed by atoms with Gasteiger partial charge in [0.05, 0.1) is 12.1 Å². The summed E-state index contributed by atoms with van der Waals surface area (Å²) in [5.41, 5.74) is 5.66. The van der Waals surface area contributed by atoms with Crippen molar-refractivity contribution in [2.75, 3.05) is 13.1 Å². The Morgan fingerprint density at radius 3 is 2.37 bits per heavy atom. The normalized spacial score (nSPS) is 18.3. The topological polar surface area (TPSA) is 122 Å². The lowest BCUT2D eigenvalue weighted by Crippen LogP contribution is -2.57. The molecule has 1 heterocycles. The van der Waals surface area contributed by atoms with Crippen LogP contribution in [0.25, 0.3) is 0 Å². The molecule has 1 aliphatic heterocycles. The molecule has 2 unspecified atom stereocenters. The van der Waals surface area contributed by atoms with E-state index in [1.54, 1.807) is 12.2 Å². The molecular formula is C22H36N4O4. The number of nitrogens with one attached hydrogen (secondary N) is 2. The first-order valence-electron chi connectivity index (χ1n) is 10.4. The maximum absolute atomic E-state index is 12.9. The van der Waals surface area contributed by atoms with Gasteiger partial charge in [0.15, 0.2) is 0 Å². The Bertz CT molecular complexity index is 669. The third-order valence-electron chi connectivity index (χ3n) is 5.19. The summed E-state index contributed by atoms with van der Waals surface area (Å²) in [6.45, 7) is 13.5.